The molecule has 3 heterocycles. The molecule has 6 nitrogen and oxygen atoms in total. The highest BCUT2D eigenvalue weighted by Crippen LogP contribution is 2.22. The minimum Gasteiger partial charge on any atom is -0.299 e. The van der Waals surface area contributed by atoms with Crippen LogP contribution in [0.1, 0.15) is 67.1 Å². The number of carbonyl (C=O) groups excluding carboxylic acids is 2. The van der Waals surface area contributed by atoms with E-state index in [0.717, 1.165) is 45.4 Å². The van der Waals surface area contributed by atoms with Crippen LogP contribution in [0.5, 0.6) is 0 Å². The lowest BCUT2D eigenvalue weighted by atomic mass is 9.92. The van der Waals surface area contributed by atoms with Gasteiger partial charge < -0.3 is 0 Å². The number of aromatic nitrogens is 4. The normalized spacial score (nSPS) is 11.8. The molecule has 0 aliphatic heterocycles. The molecule has 0 fully saturated rings. The number of carbonyl (C=O) groups is 2. The second-order valence-corrected chi connectivity index (χ2v) is 11.2. The van der Waals surface area contributed by atoms with Gasteiger partial charge in [-0.2, -0.15) is 5.10 Å². The molecule has 0 aliphatic rings. The first kappa shape index (κ1) is 25.0. The van der Waals surface area contributed by atoms with E-state index < -0.39 is 0 Å². The van der Waals surface area contributed by atoms with E-state index in [0.29, 0.717) is 19.3 Å². The highest BCUT2D eigenvalue weighted by molar-refractivity contribution is 7.11. The zero-order valence-corrected chi connectivity index (χ0v) is 21.3. The molecule has 7 heteroatoms. The fourth-order valence-corrected chi connectivity index (χ4v) is 4.40. The first-order valence-corrected chi connectivity index (χ1v) is 12.3. The number of aryl methyl sites for hydroxylation is 3. The van der Waals surface area contributed by atoms with Gasteiger partial charge in [-0.15, -0.1) is 11.3 Å². The van der Waals surface area contributed by atoms with Crippen molar-refractivity contribution < 1.29 is 9.59 Å². The third-order valence-electron chi connectivity index (χ3n) is 5.61. The summed E-state index contributed by atoms with van der Waals surface area (Å²) in [6.07, 6.45) is 6.45. The van der Waals surface area contributed by atoms with Crippen LogP contribution in [0.3, 0.4) is 0 Å². The molecule has 176 valence electrons. The predicted molar refractivity (Wildman–Crippen MR) is 132 cm³/mol. The van der Waals surface area contributed by atoms with Crippen molar-refractivity contribution in [3.8, 4) is 0 Å². The Morgan fingerprint density at radius 1 is 1.06 bits per heavy atom. The predicted octanol–water partition coefficient (Wildman–Crippen LogP) is 4.48. The van der Waals surface area contributed by atoms with E-state index in [9.17, 15) is 9.59 Å². The molecule has 0 atom stereocenters. The summed E-state index contributed by atoms with van der Waals surface area (Å²) in [5.74, 6) is 0.373. The summed E-state index contributed by atoms with van der Waals surface area (Å²) in [5.41, 5.74) is 3.88. The van der Waals surface area contributed by atoms with Crippen LogP contribution >= 0.6 is 11.3 Å². The van der Waals surface area contributed by atoms with E-state index in [4.69, 9.17) is 0 Å². The molecule has 0 aliphatic carbocycles. The fourth-order valence-electron chi connectivity index (χ4n) is 3.45. The van der Waals surface area contributed by atoms with E-state index in [-0.39, 0.29) is 22.9 Å². The number of pyridine rings is 1. The molecule has 3 aromatic heterocycles. The van der Waals surface area contributed by atoms with Gasteiger partial charge in [-0.25, -0.2) is 4.98 Å². The molecule has 0 aromatic carbocycles. The van der Waals surface area contributed by atoms with Gasteiger partial charge in [-0.1, -0.05) is 34.6 Å². The minimum atomic E-state index is -0.0389. The molecule has 3 aromatic rings. The Balaban J connectivity index is 1.54. The SMILES string of the molecule is CC(C)C(=O)Cc1cc(CCc2cnc(CC(=O)Cc3cc(C(C)(C)C)nn3C)s2)ccn1. The van der Waals surface area contributed by atoms with Gasteiger partial charge in [0, 0.05) is 59.9 Å². The smallest absolute Gasteiger partial charge is 0.145 e. The second-order valence-electron chi connectivity index (χ2n) is 9.96. The van der Waals surface area contributed by atoms with Crippen molar-refractivity contribution in [1.29, 1.82) is 0 Å². The molecule has 0 radical (unpaired) electrons. The Morgan fingerprint density at radius 2 is 1.82 bits per heavy atom. The van der Waals surface area contributed by atoms with Gasteiger partial charge in [0.2, 0.25) is 0 Å². The van der Waals surface area contributed by atoms with Crippen molar-refractivity contribution in [2.24, 2.45) is 13.0 Å². The lowest BCUT2D eigenvalue weighted by molar-refractivity contribution is -0.121. The highest BCUT2D eigenvalue weighted by Gasteiger charge is 2.20. The maximum atomic E-state index is 12.6. The Labute approximate surface area is 200 Å². The Bertz CT molecular complexity index is 1120. The summed E-state index contributed by atoms with van der Waals surface area (Å²) in [6, 6.07) is 6.04. The number of nitrogens with zero attached hydrogens (tertiary/aromatic N) is 4. The standard InChI is InChI=1S/C26H34N4O2S/c1-17(2)23(32)12-19-11-18(9-10-27-19)7-8-22-16-28-25(33-22)15-21(31)13-20-14-24(26(3,4)5)29-30(20)6/h9-11,14,16-17H,7-8,12-13,15H2,1-6H3. The number of Topliss-reactive ketones (excluding diaryl/α,β-unsaturated/α-hetero) is 2. The lowest BCUT2D eigenvalue weighted by Gasteiger charge is -2.13. The summed E-state index contributed by atoms with van der Waals surface area (Å²) in [5, 5.41) is 5.41. The monoisotopic (exact) mass is 466 g/mol. The van der Waals surface area contributed by atoms with Gasteiger partial charge in [0.1, 0.15) is 16.6 Å². The Hall–Kier alpha value is -2.67. The maximum Gasteiger partial charge on any atom is 0.145 e. The molecular formula is C26H34N4O2S. The van der Waals surface area contributed by atoms with Crippen LogP contribution in [0, 0.1) is 5.92 Å². The number of thiazole rings is 1. The van der Waals surface area contributed by atoms with Crippen LogP contribution in [-0.4, -0.2) is 31.3 Å². The van der Waals surface area contributed by atoms with Crippen molar-refractivity contribution in [3.05, 3.63) is 63.1 Å². The van der Waals surface area contributed by atoms with Crippen LogP contribution in [-0.2, 0) is 54.2 Å². The van der Waals surface area contributed by atoms with Crippen molar-refractivity contribution in [3.63, 3.8) is 0 Å². The second kappa shape index (κ2) is 10.5. The molecule has 0 amide bonds. The first-order valence-electron chi connectivity index (χ1n) is 11.5. The van der Waals surface area contributed by atoms with Gasteiger partial charge in [0.05, 0.1) is 12.1 Å². The largest absolute Gasteiger partial charge is 0.299 e. The molecule has 0 N–H and O–H groups in total. The van der Waals surface area contributed by atoms with E-state index in [1.807, 2.05) is 50.0 Å². The van der Waals surface area contributed by atoms with Gasteiger partial charge in [0.25, 0.3) is 0 Å². The summed E-state index contributed by atoms with van der Waals surface area (Å²) < 4.78 is 1.81. The summed E-state index contributed by atoms with van der Waals surface area (Å²) in [6.45, 7) is 10.2. The van der Waals surface area contributed by atoms with Gasteiger partial charge in [-0.3, -0.25) is 19.3 Å². The van der Waals surface area contributed by atoms with Crippen molar-refractivity contribution in [2.45, 2.75) is 72.1 Å². The van der Waals surface area contributed by atoms with E-state index >= 15 is 0 Å². The molecule has 0 spiro atoms. The van der Waals surface area contributed by atoms with Crippen LogP contribution in [0.4, 0.5) is 0 Å². The highest BCUT2D eigenvalue weighted by atomic mass is 32.1. The topological polar surface area (TPSA) is 77.7 Å². The van der Waals surface area contributed by atoms with Gasteiger partial charge in [-0.05, 0) is 36.6 Å². The van der Waals surface area contributed by atoms with Crippen molar-refractivity contribution in [1.82, 2.24) is 19.7 Å². The van der Waals surface area contributed by atoms with Gasteiger partial charge >= 0.3 is 0 Å². The van der Waals surface area contributed by atoms with Gasteiger partial charge in [0.15, 0.2) is 0 Å². The lowest BCUT2D eigenvalue weighted by Crippen LogP contribution is -2.12. The fraction of sp³-hybridized carbons (Fsp3) is 0.500. The minimum absolute atomic E-state index is 0.0206. The molecular weight excluding hydrogens is 432 g/mol. The summed E-state index contributed by atoms with van der Waals surface area (Å²) in [4.78, 5) is 34.6. The van der Waals surface area contributed by atoms with Crippen LogP contribution in [0.25, 0.3) is 0 Å². The van der Waals surface area contributed by atoms with Crippen molar-refractivity contribution >= 4 is 22.9 Å². The zero-order chi connectivity index (χ0) is 24.2. The molecule has 0 saturated carbocycles. The number of hydrogen-bond donors (Lipinski definition) is 0. The third-order valence-corrected chi connectivity index (χ3v) is 6.67. The van der Waals surface area contributed by atoms with E-state index in [2.05, 4.69) is 35.8 Å². The average molecular weight is 467 g/mol. The first-order chi connectivity index (χ1) is 15.5. The number of hydrogen-bond acceptors (Lipinski definition) is 6. The Morgan fingerprint density at radius 3 is 2.48 bits per heavy atom. The summed E-state index contributed by atoms with van der Waals surface area (Å²) >= 11 is 1.60. The van der Waals surface area contributed by atoms with Crippen molar-refractivity contribution in [2.75, 3.05) is 0 Å². The Kier molecular flexibility index (Phi) is 7.95. The molecule has 0 bridgehead atoms. The van der Waals surface area contributed by atoms with E-state index in [1.54, 1.807) is 17.5 Å². The quantitative estimate of drug-likeness (QED) is 0.440. The molecule has 0 unspecified atom stereocenters. The molecule has 0 saturated heterocycles. The number of rotatable bonds is 10. The summed E-state index contributed by atoms with van der Waals surface area (Å²) in [7, 11) is 1.89. The van der Waals surface area contributed by atoms with Crippen LogP contribution in [0.15, 0.2) is 30.6 Å². The molecule has 3 rings (SSSR count). The maximum absolute atomic E-state index is 12.6. The average Bonchev–Trinajstić information content (AvgIpc) is 3.33. The zero-order valence-electron chi connectivity index (χ0n) is 20.5. The molecule has 33 heavy (non-hydrogen) atoms. The van der Waals surface area contributed by atoms with Crippen LogP contribution < -0.4 is 0 Å². The third kappa shape index (κ3) is 7.16. The van der Waals surface area contributed by atoms with E-state index in [1.165, 1.54) is 0 Å². The van der Waals surface area contributed by atoms with Crippen LogP contribution in [0.2, 0.25) is 0 Å². The number of ketones is 2.